The summed E-state index contributed by atoms with van der Waals surface area (Å²) in [6.45, 7) is 42.1. The van der Waals surface area contributed by atoms with Crippen molar-refractivity contribution in [1.82, 2.24) is 20.3 Å². The topological polar surface area (TPSA) is 131 Å². The van der Waals surface area contributed by atoms with E-state index in [2.05, 4.69) is 138 Å². The molecule has 12 nitrogen and oxygen atoms in total. The minimum atomic E-state index is -0.564. The second-order valence-corrected chi connectivity index (χ2v) is 24.9. The van der Waals surface area contributed by atoms with E-state index in [0.29, 0.717) is 74.4 Å². The lowest BCUT2D eigenvalue weighted by Crippen LogP contribution is -2.64. The predicted molar refractivity (Wildman–Crippen MR) is 245 cm³/mol. The number of piperidine rings is 4. The van der Waals surface area contributed by atoms with Gasteiger partial charge < -0.3 is 39.8 Å². The molecule has 4 heterocycles. The average Bonchev–Trinajstić information content (AvgIpc) is 3.11. The molecule has 0 radical (unpaired) electrons. The number of benzene rings is 1. The van der Waals surface area contributed by atoms with Crippen LogP contribution in [-0.2, 0) is 0 Å². The first-order valence-corrected chi connectivity index (χ1v) is 23.9. The van der Waals surface area contributed by atoms with Crippen molar-refractivity contribution in [3.8, 4) is 23.0 Å². The average molecular weight is 875 g/mol. The van der Waals surface area contributed by atoms with Crippen LogP contribution in [0.15, 0.2) is 12.1 Å². The van der Waals surface area contributed by atoms with Crippen molar-refractivity contribution in [1.29, 1.82) is 0 Å². The summed E-state index contributed by atoms with van der Waals surface area (Å²) in [5.74, 6) is 2.76. The summed E-state index contributed by atoms with van der Waals surface area (Å²) in [7, 11) is 0. The molecule has 8 unspecified atom stereocenters. The second kappa shape index (κ2) is 17.1. The van der Waals surface area contributed by atoms with Crippen LogP contribution >= 0.6 is 0 Å². The molecule has 12 heteroatoms. The third kappa shape index (κ3) is 9.38. The zero-order valence-electron chi connectivity index (χ0n) is 42.6. The Labute approximate surface area is 376 Å². The van der Waals surface area contributed by atoms with Crippen LogP contribution in [0, 0.1) is 23.7 Å². The van der Waals surface area contributed by atoms with Crippen molar-refractivity contribution in [3.63, 3.8) is 0 Å². The molecule has 62 heavy (non-hydrogen) atoms. The summed E-state index contributed by atoms with van der Waals surface area (Å²) in [5.41, 5.74) is -4.44. The molecule has 0 bridgehead atoms. The lowest BCUT2D eigenvalue weighted by Gasteiger charge is -2.55. The Morgan fingerprint density at radius 3 is 0.661 bits per heavy atom. The van der Waals surface area contributed by atoms with E-state index in [1.54, 1.807) is 0 Å². The summed E-state index contributed by atoms with van der Waals surface area (Å²) < 4.78 is 28.8. The molecule has 0 aromatic heterocycles. The molecule has 0 spiro atoms. The third-order valence-electron chi connectivity index (χ3n) is 16.9. The smallest absolute Gasteiger partial charge is 0.165 e. The van der Waals surface area contributed by atoms with Gasteiger partial charge in [0.1, 0.15) is 24.4 Å². The van der Waals surface area contributed by atoms with Gasteiger partial charge in [0.25, 0.3) is 0 Å². The van der Waals surface area contributed by atoms with Crippen LogP contribution in [0.2, 0.25) is 0 Å². The van der Waals surface area contributed by atoms with Gasteiger partial charge in [-0.1, -0.05) is 55.4 Å². The predicted octanol–water partition coefficient (Wildman–Crippen LogP) is 11.4. The standard InChI is InChI=1S/C50H90N4O8/c1-31(2)47(17)27-35(23-43(9,10)51(47)55)59-39-21-41(61-37-25-45(13,14)53(57)49(19,29-37)33(5)6)42(62-38-26-46(15,16)54(58)50(20,30-38)34(7)8)22-40(39)60-36-24-44(11,12)52(56)48(18,28-36)32(3)4/h21-22,31-38,55-58H,23-30H2,1-20H3. The lowest BCUT2D eigenvalue weighted by atomic mass is 9.73. The maximum absolute atomic E-state index is 11.6. The number of hydroxylamine groups is 8. The Kier molecular flexibility index (Phi) is 14.1. The molecule has 4 saturated heterocycles. The van der Waals surface area contributed by atoms with Crippen molar-refractivity contribution < 1.29 is 39.8 Å². The van der Waals surface area contributed by atoms with Crippen molar-refractivity contribution in [2.45, 2.75) is 259 Å². The highest BCUT2D eigenvalue weighted by atomic mass is 16.6. The molecule has 4 aliphatic heterocycles. The monoisotopic (exact) mass is 875 g/mol. The van der Waals surface area contributed by atoms with E-state index in [0.717, 1.165) is 0 Å². The quantitative estimate of drug-likeness (QED) is 0.159. The molecule has 1 aromatic rings. The zero-order valence-corrected chi connectivity index (χ0v) is 42.6. The Morgan fingerprint density at radius 1 is 0.355 bits per heavy atom. The first kappa shape index (κ1) is 51.1. The summed E-state index contributed by atoms with van der Waals surface area (Å²) in [5, 5.41) is 52.5. The molecule has 5 rings (SSSR count). The van der Waals surface area contributed by atoms with Crippen LogP contribution < -0.4 is 18.9 Å². The molecule has 4 aliphatic rings. The van der Waals surface area contributed by atoms with E-state index in [1.165, 1.54) is 20.3 Å². The van der Waals surface area contributed by atoms with E-state index >= 15 is 0 Å². The molecule has 0 aliphatic carbocycles. The first-order chi connectivity index (χ1) is 28.1. The van der Waals surface area contributed by atoms with Crippen LogP contribution in [0.25, 0.3) is 0 Å². The van der Waals surface area contributed by atoms with Crippen LogP contribution in [0.5, 0.6) is 23.0 Å². The summed E-state index contributed by atoms with van der Waals surface area (Å²) in [6, 6.07) is 3.92. The molecule has 1 aromatic carbocycles. The van der Waals surface area contributed by atoms with Gasteiger partial charge in [-0.25, -0.2) is 0 Å². The Balaban J connectivity index is 1.69. The Hall–Kier alpha value is -1.90. The first-order valence-electron chi connectivity index (χ1n) is 23.9. The summed E-state index contributed by atoms with van der Waals surface area (Å²) in [6.07, 6.45) is 3.66. The van der Waals surface area contributed by atoms with E-state index in [1.807, 2.05) is 12.1 Å². The fraction of sp³-hybridized carbons (Fsp3) is 0.880. The minimum Gasteiger partial charge on any atom is -0.486 e. The van der Waals surface area contributed by atoms with Crippen LogP contribution in [-0.4, -0.2) is 110 Å². The zero-order chi connectivity index (χ0) is 47.1. The van der Waals surface area contributed by atoms with E-state index in [9.17, 15) is 20.8 Å². The van der Waals surface area contributed by atoms with E-state index in [-0.39, 0.29) is 48.1 Å². The molecule has 8 atom stereocenters. The Morgan fingerprint density at radius 2 is 0.516 bits per heavy atom. The highest BCUT2D eigenvalue weighted by Gasteiger charge is 2.54. The maximum atomic E-state index is 11.6. The van der Waals surface area contributed by atoms with Gasteiger partial charge in [0.05, 0.1) is 0 Å². The largest absolute Gasteiger partial charge is 0.486 e. The molecule has 4 N–H and O–H groups in total. The van der Waals surface area contributed by atoms with Crippen LogP contribution in [0.1, 0.15) is 190 Å². The minimum absolute atomic E-state index is 0.144. The highest BCUT2D eigenvalue weighted by molar-refractivity contribution is 5.55. The highest BCUT2D eigenvalue weighted by Crippen LogP contribution is 2.51. The van der Waals surface area contributed by atoms with Crippen LogP contribution in [0.3, 0.4) is 0 Å². The molecule has 4 fully saturated rings. The van der Waals surface area contributed by atoms with Crippen molar-refractivity contribution in [3.05, 3.63) is 12.1 Å². The van der Waals surface area contributed by atoms with Gasteiger partial charge in [0.2, 0.25) is 0 Å². The maximum Gasteiger partial charge on any atom is 0.165 e. The van der Waals surface area contributed by atoms with Gasteiger partial charge in [-0.05, 0) is 107 Å². The van der Waals surface area contributed by atoms with Crippen molar-refractivity contribution >= 4 is 0 Å². The SMILES string of the molecule is CC(C)C1(C)CC(Oc2cc(OC3CC(C)(C)N(O)C(C)(C(C)C)C3)c(OC3CC(C)(C)N(O)C(C)(C(C)C)C3)cc2OC2CC(C)(C)N(O)C(C)(C(C)C)C2)CC(C)(C)N1O. The lowest BCUT2D eigenvalue weighted by molar-refractivity contribution is -0.273. The molecule has 0 amide bonds. The molecule has 358 valence electrons. The van der Waals surface area contributed by atoms with Gasteiger partial charge in [0, 0.05) is 108 Å². The number of nitrogens with zero attached hydrogens (tertiary/aromatic N) is 4. The fourth-order valence-corrected chi connectivity index (χ4v) is 11.7. The molecule has 0 saturated carbocycles. The number of hydrogen-bond donors (Lipinski definition) is 4. The number of hydrogen-bond acceptors (Lipinski definition) is 12. The third-order valence-corrected chi connectivity index (χ3v) is 16.9. The van der Waals surface area contributed by atoms with E-state index in [4.69, 9.17) is 18.9 Å². The van der Waals surface area contributed by atoms with Crippen molar-refractivity contribution in [2.75, 3.05) is 0 Å². The fourth-order valence-electron chi connectivity index (χ4n) is 11.7. The number of ether oxygens (including phenoxy) is 4. The van der Waals surface area contributed by atoms with Crippen LogP contribution in [0.4, 0.5) is 0 Å². The van der Waals surface area contributed by atoms with Gasteiger partial charge in [-0.15, -0.1) is 0 Å². The van der Waals surface area contributed by atoms with Gasteiger partial charge >= 0.3 is 0 Å². The second-order valence-electron chi connectivity index (χ2n) is 24.9. The molecular weight excluding hydrogens is 785 g/mol. The Bertz CT molecular complexity index is 1490. The normalized spacial score (nSPS) is 37.0. The van der Waals surface area contributed by atoms with Gasteiger partial charge in [-0.2, -0.15) is 20.3 Å². The van der Waals surface area contributed by atoms with Crippen molar-refractivity contribution in [2.24, 2.45) is 23.7 Å². The van der Waals surface area contributed by atoms with Gasteiger partial charge in [-0.3, -0.25) is 0 Å². The van der Waals surface area contributed by atoms with E-state index < -0.39 is 44.3 Å². The molecular formula is C50H90N4O8. The number of rotatable bonds is 12. The summed E-state index contributed by atoms with van der Waals surface area (Å²) >= 11 is 0. The summed E-state index contributed by atoms with van der Waals surface area (Å²) in [4.78, 5) is 0. The van der Waals surface area contributed by atoms with Gasteiger partial charge in [0.15, 0.2) is 23.0 Å².